The lowest BCUT2D eigenvalue weighted by Gasteiger charge is -2.21. The average molecular weight is 207 g/mol. The van der Waals surface area contributed by atoms with Crippen LogP contribution in [0.15, 0.2) is 12.4 Å². The number of hydrogen-bond donors (Lipinski definition) is 1. The molecular formula is C12H21N3. The third kappa shape index (κ3) is 1.93. The van der Waals surface area contributed by atoms with E-state index in [2.05, 4.69) is 35.8 Å². The van der Waals surface area contributed by atoms with Crippen molar-refractivity contribution in [2.75, 3.05) is 6.54 Å². The number of imidazole rings is 1. The molecule has 0 amide bonds. The topological polar surface area (TPSA) is 29.9 Å². The summed E-state index contributed by atoms with van der Waals surface area (Å²) in [5.41, 5.74) is 0. The third-order valence-electron chi connectivity index (χ3n) is 3.71. The smallest absolute Gasteiger partial charge is 0.111 e. The van der Waals surface area contributed by atoms with Crippen molar-refractivity contribution >= 4 is 0 Å². The molecule has 3 heteroatoms. The van der Waals surface area contributed by atoms with Crippen molar-refractivity contribution in [3.8, 4) is 0 Å². The van der Waals surface area contributed by atoms with Crippen LogP contribution in [-0.4, -0.2) is 22.1 Å². The van der Waals surface area contributed by atoms with Crippen molar-refractivity contribution in [1.29, 1.82) is 0 Å². The fraction of sp³-hybridized carbons (Fsp3) is 0.750. The SMILES string of the molecule is CCNC1CCC(c2nccn2C)C1C. The standard InChI is InChI=1S/C12H21N3/c1-4-13-11-6-5-10(9(11)2)12-14-7-8-15(12)3/h7-11,13H,4-6H2,1-3H3. The molecule has 1 aliphatic rings. The highest BCUT2D eigenvalue weighted by molar-refractivity contribution is 5.07. The largest absolute Gasteiger partial charge is 0.338 e. The third-order valence-corrected chi connectivity index (χ3v) is 3.71. The summed E-state index contributed by atoms with van der Waals surface area (Å²) in [7, 11) is 2.09. The van der Waals surface area contributed by atoms with E-state index in [9.17, 15) is 0 Å². The molecule has 0 bridgehead atoms. The molecule has 1 fully saturated rings. The Morgan fingerprint density at radius 3 is 2.93 bits per heavy atom. The molecule has 0 radical (unpaired) electrons. The first-order valence-electron chi connectivity index (χ1n) is 5.94. The second-order valence-electron chi connectivity index (χ2n) is 4.60. The summed E-state index contributed by atoms with van der Waals surface area (Å²) < 4.78 is 2.16. The minimum atomic E-state index is 0.633. The van der Waals surface area contributed by atoms with Crippen LogP contribution in [0.5, 0.6) is 0 Å². The van der Waals surface area contributed by atoms with Gasteiger partial charge in [-0.05, 0) is 25.3 Å². The molecule has 2 rings (SSSR count). The summed E-state index contributed by atoms with van der Waals surface area (Å²) in [5, 5.41) is 3.57. The molecule has 1 N–H and O–H groups in total. The summed E-state index contributed by atoms with van der Waals surface area (Å²) in [6.07, 6.45) is 6.50. The van der Waals surface area contributed by atoms with Gasteiger partial charge in [0.2, 0.25) is 0 Å². The molecule has 15 heavy (non-hydrogen) atoms. The summed E-state index contributed by atoms with van der Waals surface area (Å²) in [6, 6.07) is 0.678. The van der Waals surface area contributed by atoms with Gasteiger partial charge >= 0.3 is 0 Å². The van der Waals surface area contributed by atoms with Crippen molar-refractivity contribution in [2.45, 2.75) is 38.6 Å². The lowest BCUT2D eigenvalue weighted by molar-refractivity contribution is 0.400. The van der Waals surface area contributed by atoms with Gasteiger partial charge in [0.1, 0.15) is 5.82 Å². The van der Waals surface area contributed by atoms with E-state index < -0.39 is 0 Å². The highest BCUT2D eigenvalue weighted by atomic mass is 15.0. The van der Waals surface area contributed by atoms with Crippen molar-refractivity contribution in [2.24, 2.45) is 13.0 Å². The molecular weight excluding hydrogens is 186 g/mol. The van der Waals surface area contributed by atoms with Gasteiger partial charge in [-0.15, -0.1) is 0 Å². The Morgan fingerprint density at radius 1 is 1.53 bits per heavy atom. The number of aromatic nitrogens is 2. The molecule has 1 aromatic heterocycles. The molecule has 1 saturated carbocycles. The monoisotopic (exact) mass is 207 g/mol. The second-order valence-corrected chi connectivity index (χ2v) is 4.60. The van der Waals surface area contributed by atoms with Crippen LogP contribution in [0.3, 0.4) is 0 Å². The van der Waals surface area contributed by atoms with Crippen LogP contribution in [0, 0.1) is 5.92 Å². The highest BCUT2D eigenvalue weighted by Gasteiger charge is 2.34. The van der Waals surface area contributed by atoms with Crippen LogP contribution in [0.25, 0.3) is 0 Å². The Hall–Kier alpha value is -0.830. The van der Waals surface area contributed by atoms with E-state index >= 15 is 0 Å². The first kappa shape index (κ1) is 10.7. The van der Waals surface area contributed by atoms with Gasteiger partial charge in [0, 0.05) is 31.4 Å². The Balaban J connectivity index is 2.10. The normalized spacial score (nSPS) is 31.0. The molecule has 3 unspecified atom stereocenters. The van der Waals surface area contributed by atoms with Crippen LogP contribution in [0.4, 0.5) is 0 Å². The van der Waals surface area contributed by atoms with Crippen LogP contribution in [0.1, 0.15) is 38.4 Å². The quantitative estimate of drug-likeness (QED) is 0.820. The summed E-state index contributed by atoms with van der Waals surface area (Å²) in [6.45, 7) is 5.60. The van der Waals surface area contributed by atoms with E-state index in [4.69, 9.17) is 0 Å². The molecule has 0 spiro atoms. The predicted octanol–water partition coefficient (Wildman–Crippen LogP) is 1.91. The predicted molar refractivity (Wildman–Crippen MR) is 61.8 cm³/mol. The average Bonchev–Trinajstić information content (AvgIpc) is 2.76. The zero-order chi connectivity index (χ0) is 10.8. The fourth-order valence-electron chi connectivity index (χ4n) is 2.81. The number of nitrogens with one attached hydrogen (secondary N) is 1. The minimum Gasteiger partial charge on any atom is -0.338 e. The lowest BCUT2D eigenvalue weighted by atomic mass is 9.95. The van der Waals surface area contributed by atoms with Gasteiger partial charge in [0.15, 0.2) is 0 Å². The second kappa shape index (κ2) is 4.35. The number of aryl methyl sites for hydroxylation is 1. The summed E-state index contributed by atoms with van der Waals surface area (Å²) in [5.74, 6) is 2.59. The van der Waals surface area contributed by atoms with Crippen molar-refractivity contribution in [3.63, 3.8) is 0 Å². The van der Waals surface area contributed by atoms with E-state index in [-0.39, 0.29) is 0 Å². The molecule has 84 valence electrons. The van der Waals surface area contributed by atoms with Crippen LogP contribution in [0.2, 0.25) is 0 Å². The maximum Gasteiger partial charge on any atom is 0.111 e. The molecule has 0 aromatic carbocycles. The highest BCUT2D eigenvalue weighted by Crippen LogP contribution is 2.38. The van der Waals surface area contributed by atoms with Gasteiger partial charge in [-0.1, -0.05) is 13.8 Å². The molecule has 1 aliphatic carbocycles. The maximum atomic E-state index is 4.48. The molecule has 1 heterocycles. The van der Waals surface area contributed by atoms with Crippen molar-refractivity contribution < 1.29 is 0 Å². The Bertz CT molecular complexity index is 318. The van der Waals surface area contributed by atoms with E-state index in [1.54, 1.807) is 0 Å². The van der Waals surface area contributed by atoms with Gasteiger partial charge in [-0.2, -0.15) is 0 Å². The molecule has 3 atom stereocenters. The van der Waals surface area contributed by atoms with E-state index in [0.29, 0.717) is 17.9 Å². The number of rotatable bonds is 3. The zero-order valence-corrected chi connectivity index (χ0v) is 9.90. The fourth-order valence-corrected chi connectivity index (χ4v) is 2.81. The minimum absolute atomic E-state index is 0.633. The maximum absolute atomic E-state index is 4.48. The van der Waals surface area contributed by atoms with Gasteiger partial charge in [-0.3, -0.25) is 0 Å². The van der Waals surface area contributed by atoms with Gasteiger partial charge in [0.05, 0.1) is 0 Å². The van der Waals surface area contributed by atoms with E-state index in [1.165, 1.54) is 18.7 Å². The first-order valence-corrected chi connectivity index (χ1v) is 5.94. The number of nitrogens with zero attached hydrogens (tertiary/aromatic N) is 2. The Morgan fingerprint density at radius 2 is 2.33 bits per heavy atom. The van der Waals surface area contributed by atoms with Crippen LogP contribution >= 0.6 is 0 Å². The number of hydrogen-bond acceptors (Lipinski definition) is 2. The lowest BCUT2D eigenvalue weighted by Crippen LogP contribution is -2.32. The Labute approximate surface area is 91.9 Å². The van der Waals surface area contributed by atoms with E-state index in [1.807, 2.05) is 12.4 Å². The van der Waals surface area contributed by atoms with Crippen LogP contribution in [-0.2, 0) is 7.05 Å². The van der Waals surface area contributed by atoms with Gasteiger partial charge < -0.3 is 9.88 Å². The first-order chi connectivity index (χ1) is 7.24. The molecule has 3 nitrogen and oxygen atoms in total. The van der Waals surface area contributed by atoms with Crippen molar-refractivity contribution in [1.82, 2.24) is 14.9 Å². The van der Waals surface area contributed by atoms with Gasteiger partial charge in [-0.25, -0.2) is 4.98 Å². The van der Waals surface area contributed by atoms with Crippen LogP contribution < -0.4 is 5.32 Å². The molecule has 0 aliphatic heterocycles. The van der Waals surface area contributed by atoms with Crippen molar-refractivity contribution in [3.05, 3.63) is 18.2 Å². The van der Waals surface area contributed by atoms with Gasteiger partial charge in [0.25, 0.3) is 0 Å². The summed E-state index contributed by atoms with van der Waals surface area (Å²) >= 11 is 0. The molecule has 1 aromatic rings. The van der Waals surface area contributed by atoms with E-state index in [0.717, 1.165) is 6.54 Å². The Kier molecular flexibility index (Phi) is 3.10. The summed E-state index contributed by atoms with van der Waals surface area (Å²) in [4.78, 5) is 4.48. The molecule has 0 saturated heterocycles. The zero-order valence-electron chi connectivity index (χ0n) is 9.90.